The standard InChI is InChI=1S/C22H25N3O3/c1-12-9-13(2)18(14(3)10-12)24-21(28)23-15-7-8-16-17(11-15)20(27)25(19(16)26)22(4,5)6/h7-11H,1-6H3,(H2,23,24,28). The van der Waals surface area contributed by atoms with Gasteiger partial charge in [0.2, 0.25) is 0 Å². The van der Waals surface area contributed by atoms with Crippen molar-refractivity contribution in [2.75, 3.05) is 10.6 Å². The Hall–Kier alpha value is -3.15. The predicted molar refractivity (Wildman–Crippen MR) is 110 cm³/mol. The highest BCUT2D eigenvalue weighted by molar-refractivity contribution is 6.22. The molecule has 1 heterocycles. The van der Waals surface area contributed by atoms with Crippen molar-refractivity contribution in [3.05, 3.63) is 58.1 Å². The number of imide groups is 1. The average molecular weight is 379 g/mol. The molecule has 0 aliphatic carbocycles. The third-order valence-corrected chi connectivity index (χ3v) is 4.73. The summed E-state index contributed by atoms with van der Waals surface area (Å²) in [7, 11) is 0. The zero-order valence-electron chi connectivity index (χ0n) is 17.1. The fourth-order valence-electron chi connectivity index (χ4n) is 3.58. The van der Waals surface area contributed by atoms with Gasteiger partial charge in [0, 0.05) is 16.9 Å². The second kappa shape index (κ2) is 6.78. The van der Waals surface area contributed by atoms with E-state index in [0.29, 0.717) is 16.8 Å². The highest BCUT2D eigenvalue weighted by Gasteiger charge is 2.41. The van der Waals surface area contributed by atoms with Crippen LogP contribution in [-0.2, 0) is 0 Å². The first-order valence-electron chi connectivity index (χ1n) is 9.18. The topological polar surface area (TPSA) is 78.5 Å². The molecular weight excluding hydrogens is 354 g/mol. The number of carbonyl (C=O) groups excluding carboxylic acids is 3. The van der Waals surface area contributed by atoms with Crippen LogP contribution in [-0.4, -0.2) is 28.3 Å². The van der Waals surface area contributed by atoms with Crippen LogP contribution in [0, 0.1) is 20.8 Å². The molecule has 6 heteroatoms. The highest BCUT2D eigenvalue weighted by Crippen LogP contribution is 2.31. The third kappa shape index (κ3) is 3.50. The SMILES string of the molecule is Cc1cc(C)c(NC(=O)Nc2ccc3c(c2)C(=O)N(C(C)(C)C)C3=O)c(C)c1. The maximum Gasteiger partial charge on any atom is 0.323 e. The molecule has 0 saturated carbocycles. The van der Waals surface area contributed by atoms with Crippen molar-refractivity contribution in [3.63, 3.8) is 0 Å². The van der Waals surface area contributed by atoms with Crippen molar-refractivity contribution < 1.29 is 14.4 Å². The summed E-state index contributed by atoms with van der Waals surface area (Å²) in [5, 5.41) is 5.61. The van der Waals surface area contributed by atoms with E-state index in [-0.39, 0.29) is 11.8 Å². The molecule has 1 aliphatic rings. The fourth-order valence-corrected chi connectivity index (χ4v) is 3.58. The number of rotatable bonds is 2. The number of benzene rings is 2. The van der Waals surface area contributed by atoms with Crippen LogP contribution in [0.2, 0.25) is 0 Å². The molecule has 0 atom stereocenters. The molecule has 2 aromatic rings. The van der Waals surface area contributed by atoms with E-state index >= 15 is 0 Å². The van der Waals surface area contributed by atoms with Gasteiger partial charge in [-0.05, 0) is 70.9 Å². The van der Waals surface area contributed by atoms with Gasteiger partial charge in [-0.1, -0.05) is 17.7 Å². The summed E-state index contributed by atoms with van der Waals surface area (Å²) in [6.45, 7) is 11.3. The molecule has 0 unspecified atom stereocenters. The Morgan fingerprint density at radius 3 is 2.00 bits per heavy atom. The van der Waals surface area contributed by atoms with E-state index in [4.69, 9.17) is 0 Å². The molecule has 0 saturated heterocycles. The summed E-state index contributed by atoms with van der Waals surface area (Å²) in [6, 6.07) is 8.37. The maximum absolute atomic E-state index is 12.7. The first-order chi connectivity index (χ1) is 13.0. The van der Waals surface area contributed by atoms with Gasteiger partial charge in [0.15, 0.2) is 0 Å². The van der Waals surface area contributed by atoms with Gasteiger partial charge in [-0.25, -0.2) is 4.79 Å². The van der Waals surface area contributed by atoms with Crippen LogP contribution in [0.5, 0.6) is 0 Å². The Kier molecular flexibility index (Phi) is 4.75. The zero-order chi connectivity index (χ0) is 20.8. The fraction of sp³-hybridized carbons (Fsp3) is 0.318. The normalized spacial score (nSPS) is 13.6. The van der Waals surface area contributed by atoms with Gasteiger partial charge >= 0.3 is 6.03 Å². The number of nitrogens with one attached hydrogen (secondary N) is 2. The lowest BCUT2D eigenvalue weighted by atomic mass is 10.1. The Balaban J connectivity index is 1.81. The lowest BCUT2D eigenvalue weighted by molar-refractivity contribution is 0.0507. The van der Waals surface area contributed by atoms with Crippen molar-refractivity contribution in [2.24, 2.45) is 0 Å². The molecule has 2 aromatic carbocycles. The molecule has 0 spiro atoms. The van der Waals surface area contributed by atoms with E-state index in [0.717, 1.165) is 22.4 Å². The van der Waals surface area contributed by atoms with E-state index in [1.807, 2.05) is 53.7 Å². The Morgan fingerprint density at radius 1 is 0.857 bits per heavy atom. The van der Waals surface area contributed by atoms with Crippen molar-refractivity contribution >= 4 is 29.2 Å². The molecule has 6 nitrogen and oxygen atoms in total. The Morgan fingerprint density at radius 2 is 1.43 bits per heavy atom. The number of anilines is 2. The largest absolute Gasteiger partial charge is 0.323 e. The van der Waals surface area contributed by atoms with Crippen LogP contribution in [0.4, 0.5) is 16.2 Å². The molecule has 1 aliphatic heterocycles. The van der Waals surface area contributed by atoms with Crippen molar-refractivity contribution in [1.29, 1.82) is 0 Å². The zero-order valence-corrected chi connectivity index (χ0v) is 17.1. The van der Waals surface area contributed by atoms with E-state index in [1.54, 1.807) is 18.2 Å². The monoisotopic (exact) mass is 379 g/mol. The van der Waals surface area contributed by atoms with Crippen LogP contribution >= 0.6 is 0 Å². The van der Waals surface area contributed by atoms with Gasteiger partial charge in [-0.2, -0.15) is 0 Å². The number of nitrogens with zero attached hydrogens (tertiary/aromatic N) is 1. The van der Waals surface area contributed by atoms with E-state index in [1.165, 1.54) is 4.90 Å². The molecular formula is C22H25N3O3. The first-order valence-corrected chi connectivity index (χ1v) is 9.18. The number of fused-ring (bicyclic) bond motifs is 1. The van der Waals surface area contributed by atoms with Crippen LogP contribution in [0.15, 0.2) is 30.3 Å². The lowest BCUT2D eigenvalue weighted by Gasteiger charge is -2.29. The summed E-state index contributed by atoms with van der Waals surface area (Å²) in [5.74, 6) is -0.656. The van der Waals surface area contributed by atoms with Gasteiger partial charge < -0.3 is 10.6 Å². The molecule has 0 fully saturated rings. The third-order valence-electron chi connectivity index (χ3n) is 4.73. The quantitative estimate of drug-likeness (QED) is 0.746. The molecule has 2 N–H and O–H groups in total. The van der Waals surface area contributed by atoms with Crippen LogP contribution < -0.4 is 10.6 Å². The van der Waals surface area contributed by atoms with Crippen LogP contribution in [0.3, 0.4) is 0 Å². The Bertz CT molecular complexity index is 980. The minimum Gasteiger partial charge on any atom is -0.308 e. The van der Waals surface area contributed by atoms with Crippen molar-refractivity contribution in [2.45, 2.75) is 47.1 Å². The number of urea groups is 1. The minimum atomic E-state index is -0.612. The average Bonchev–Trinajstić information content (AvgIpc) is 2.81. The van der Waals surface area contributed by atoms with Gasteiger partial charge in [0.05, 0.1) is 11.1 Å². The van der Waals surface area contributed by atoms with E-state index in [9.17, 15) is 14.4 Å². The van der Waals surface area contributed by atoms with E-state index in [2.05, 4.69) is 10.6 Å². The number of hydrogen-bond donors (Lipinski definition) is 2. The van der Waals surface area contributed by atoms with Crippen LogP contribution in [0.25, 0.3) is 0 Å². The van der Waals surface area contributed by atoms with Gasteiger partial charge in [0.25, 0.3) is 11.8 Å². The summed E-state index contributed by atoms with van der Waals surface area (Å²) in [5.41, 5.74) is 4.35. The molecule has 146 valence electrons. The van der Waals surface area contributed by atoms with Crippen molar-refractivity contribution in [1.82, 2.24) is 4.90 Å². The lowest BCUT2D eigenvalue weighted by Crippen LogP contribution is -2.45. The predicted octanol–water partition coefficient (Wildman–Crippen LogP) is 4.65. The summed E-state index contributed by atoms with van der Waals surface area (Å²) in [4.78, 5) is 38.9. The van der Waals surface area contributed by atoms with Gasteiger partial charge in [-0.15, -0.1) is 0 Å². The number of carbonyl (C=O) groups is 3. The molecule has 4 amide bonds. The smallest absolute Gasteiger partial charge is 0.308 e. The highest BCUT2D eigenvalue weighted by atomic mass is 16.2. The second-order valence-electron chi connectivity index (χ2n) is 8.23. The summed E-state index contributed by atoms with van der Waals surface area (Å²) in [6.07, 6.45) is 0. The first kappa shape index (κ1) is 19.6. The molecule has 0 radical (unpaired) electrons. The molecule has 0 bridgehead atoms. The van der Waals surface area contributed by atoms with Gasteiger partial charge in [0.1, 0.15) is 0 Å². The second-order valence-corrected chi connectivity index (χ2v) is 8.23. The van der Waals surface area contributed by atoms with E-state index < -0.39 is 11.6 Å². The van der Waals surface area contributed by atoms with Crippen LogP contribution in [0.1, 0.15) is 58.2 Å². The number of amides is 4. The molecule has 28 heavy (non-hydrogen) atoms. The summed E-state index contributed by atoms with van der Waals surface area (Å²) >= 11 is 0. The number of hydrogen-bond acceptors (Lipinski definition) is 3. The molecule has 0 aromatic heterocycles. The van der Waals surface area contributed by atoms with Crippen molar-refractivity contribution in [3.8, 4) is 0 Å². The minimum absolute atomic E-state index is 0.306. The summed E-state index contributed by atoms with van der Waals surface area (Å²) < 4.78 is 0. The maximum atomic E-state index is 12.7. The molecule has 3 rings (SSSR count). The number of aryl methyl sites for hydroxylation is 3. The van der Waals surface area contributed by atoms with Gasteiger partial charge in [-0.3, -0.25) is 14.5 Å². The Labute approximate surface area is 164 Å².